The Hall–Kier alpha value is -2.72. The van der Waals surface area contributed by atoms with E-state index >= 15 is 0 Å². The number of carbonyl (C=O) groups excluding carboxylic acids is 2. The van der Waals surface area contributed by atoms with E-state index < -0.39 is 0 Å². The Balaban J connectivity index is 1.51. The molecule has 0 radical (unpaired) electrons. The van der Waals surface area contributed by atoms with Crippen LogP contribution in [-0.4, -0.2) is 44.3 Å². The number of benzene rings is 2. The number of nitrogens with zero attached hydrogens (tertiary/aromatic N) is 4. The first-order valence-electron chi connectivity index (χ1n) is 8.74. The van der Waals surface area contributed by atoms with Crippen LogP contribution >= 0.6 is 27.7 Å². The van der Waals surface area contributed by atoms with Gasteiger partial charge in [-0.15, -0.1) is 5.10 Å². The van der Waals surface area contributed by atoms with Gasteiger partial charge in [-0.1, -0.05) is 30.0 Å². The van der Waals surface area contributed by atoms with Crippen LogP contribution < -0.4 is 10.6 Å². The van der Waals surface area contributed by atoms with Crippen molar-refractivity contribution in [1.29, 1.82) is 0 Å². The first kappa shape index (κ1) is 21.0. The summed E-state index contributed by atoms with van der Waals surface area (Å²) < 4.78 is 2.36. The Bertz CT molecular complexity index is 1040. The molecule has 0 bridgehead atoms. The Morgan fingerprint density at radius 3 is 2.66 bits per heavy atom. The highest BCUT2D eigenvalue weighted by Crippen LogP contribution is 2.21. The molecular weight excluding hydrogens is 456 g/mol. The van der Waals surface area contributed by atoms with Gasteiger partial charge in [-0.05, 0) is 75.6 Å². The van der Waals surface area contributed by atoms with Crippen molar-refractivity contribution >= 4 is 45.2 Å². The van der Waals surface area contributed by atoms with Crippen molar-refractivity contribution in [3.8, 4) is 5.69 Å². The molecule has 2 amide bonds. The number of tetrazole rings is 1. The number of halogens is 1. The summed E-state index contributed by atoms with van der Waals surface area (Å²) >= 11 is 4.56. The van der Waals surface area contributed by atoms with Gasteiger partial charge in [-0.25, -0.2) is 0 Å². The molecule has 29 heavy (non-hydrogen) atoms. The number of para-hydroxylation sites is 1. The minimum absolute atomic E-state index is 0.0908. The number of rotatable bonds is 7. The molecule has 1 aromatic heterocycles. The maximum absolute atomic E-state index is 12.1. The van der Waals surface area contributed by atoms with Gasteiger partial charge in [-0.3, -0.25) is 9.59 Å². The Labute approximate surface area is 180 Å². The topological polar surface area (TPSA) is 102 Å². The minimum atomic E-state index is -0.310. The molecule has 8 nitrogen and oxygen atoms in total. The molecular formula is C19H19BrN6O2S. The average molecular weight is 475 g/mol. The summed E-state index contributed by atoms with van der Waals surface area (Å²) in [6.45, 7) is 3.93. The van der Waals surface area contributed by atoms with Crippen molar-refractivity contribution in [2.24, 2.45) is 0 Å². The van der Waals surface area contributed by atoms with Gasteiger partial charge in [0.15, 0.2) is 0 Å². The molecule has 0 saturated carbocycles. The molecule has 2 N–H and O–H groups in total. The number of thioether (sulfide) groups is 1. The Morgan fingerprint density at radius 1 is 1.10 bits per heavy atom. The molecule has 10 heteroatoms. The third-order valence-electron chi connectivity index (χ3n) is 4.10. The zero-order chi connectivity index (χ0) is 20.8. The standard InChI is InChI=1S/C19H19BrN6O2S/c1-12-7-8-14(9-13(12)2)26-19(23-24-25-26)29-11-18(28)21-10-17(27)22-16-6-4-3-5-15(16)20/h3-9H,10-11H2,1-2H3,(H,21,28)(H,22,27). The minimum Gasteiger partial charge on any atom is -0.346 e. The van der Waals surface area contributed by atoms with Crippen molar-refractivity contribution in [2.75, 3.05) is 17.6 Å². The SMILES string of the molecule is Cc1ccc(-n2nnnc2SCC(=O)NCC(=O)Nc2ccccc2Br)cc1C. The molecule has 3 aromatic rings. The van der Waals surface area contributed by atoms with Gasteiger partial charge in [-0.2, -0.15) is 4.68 Å². The van der Waals surface area contributed by atoms with Gasteiger partial charge in [0, 0.05) is 4.47 Å². The van der Waals surface area contributed by atoms with E-state index in [1.165, 1.54) is 17.3 Å². The molecule has 0 saturated heterocycles. The second kappa shape index (κ2) is 9.66. The van der Waals surface area contributed by atoms with Crippen LogP contribution in [0.5, 0.6) is 0 Å². The summed E-state index contributed by atoms with van der Waals surface area (Å²) in [4.78, 5) is 24.1. The lowest BCUT2D eigenvalue weighted by Gasteiger charge is -2.09. The third-order valence-corrected chi connectivity index (χ3v) is 5.71. The molecule has 0 fully saturated rings. The van der Waals surface area contributed by atoms with Crippen molar-refractivity contribution < 1.29 is 9.59 Å². The maximum atomic E-state index is 12.1. The smallest absolute Gasteiger partial charge is 0.243 e. The molecule has 1 heterocycles. The zero-order valence-corrected chi connectivity index (χ0v) is 18.2. The normalized spacial score (nSPS) is 10.6. The predicted octanol–water partition coefficient (Wildman–Crippen LogP) is 2.89. The van der Waals surface area contributed by atoms with Crippen LogP contribution in [0.15, 0.2) is 52.1 Å². The highest BCUT2D eigenvalue weighted by atomic mass is 79.9. The lowest BCUT2D eigenvalue weighted by atomic mass is 10.1. The number of anilines is 1. The molecule has 0 spiro atoms. The molecule has 0 aliphatic carbocycles. The highest BCUT2D eigenvalue weighted by Gasteiger charge is 2.13. The van der Waals surface area contributed by atoms with E-state index in [0.717, 1.165) is 15.7 Å². The first-order valence-corrected chi connectivity index (χ1v) is 10.5. The second-order valence-electron chi connectivity index (χ2n) is 6.24. The van der Waals surface area contributed by atoms with E-state index in [2.05, 4.69) is 42.1 Å². The van der Waals surface area contributed by atoms with Crippen molar-refractivity contribution in [3.63, 3.8) is 0 Å². The van der Waals surface area contributed by atoms with Gasteiger partial charge in [0.1, 0.15) is 0 Å². The second-order valence-corrected chi connectivity index (χ2v) is 8.03. The van der Waals surface area contributed by atoms with Gasteiger partial charge in [0.2, 0.25) is 17.0 Å². The summed E-state index contributed by atoms with van der Waals surface area (Å²) in [6, 6.07) is 13.2. The van der Waals surface area contributed by atoms with Crippen LogP contribution in [0.25, 0.3) is 5.69 Å². The maximum Gasteiger partial charge on any atom is 0.243 e. The van der Waals surface area contributed by atoms with E-state index in [4.69, 9.17) is 0 Å². The first-order chi connectivity index (χ1) is 13.9. The van der Waals surface area contributed by atoms with Crippen LogP contribution in [0.1, 0.15) is 11.1 Å². The summed E-state index contributed by atoms with van der Waals surface area (Å²) in [6.07, 6.45) is 0. The third kappa shape index (κ3) is 5.64. The van der Waals surface area contributed by atoms with E-state index in [0.29, 0.717) is 10.8 Å². The number of aromatic nitrogens is 4. The molecule has 3 rings (SSSR count). The van der Waals surface area contributed by atoms with Crippen LogP contribution in [0.3, 0.4) is 0 Å². The molecule has 0 unspecified atom stereocenters. The quantitative estimate of drug-likeness (QED) is 0.510. The summed E-state index contributed by atoms with van der Waals surface area (Å²) in [5.74, 6) is -0.504. The number of aryl methyl sites for hydroxylation is 2. The van der Waals surface area contributed by atoms with E-state index in [1.54, 1.807) is 10.7 Å². The molecule has 150 valence electrons. The van der Waals surface area contributed by atoms with Crippen molar-refractivity contribution in [2.45, 2.75) is 19.0 Å². The number of hydrogen-bond acceptors (Lipinski definition) is 6. The largest absolute Gasteiger partial charge is 0.346 e. The average Bonchev–Trinajstić information content (AvgIpc) is 3.17. The summed E-state index contributed by atoms with van der Waals surface area (Å²) in [5, 5.41) is 17.5. The molecule has 0 aliphatic heterocycles. The van der Waals surface area contributed by atoms with E-state index in [9.17, 15) is 9.59 Å². The lowest BCUT2D eigenvalue weighted by molar-refractivity contribution is -0.122. The Morgan fingerprint density at radius 2 is 1.90 bits per heavy atom. The van der Waals surface area contributed by atoms with Gasteiger partial charge >= 0.3 is 0 Å². The molecule has 2 aromatic carbocycles. The van der Waals surface area contributed by atoms with E-state index in [1.807, 2.05) is 50.2 Å². The van der Waals surface area contributed by atoms with E-state index in [-0.39, 0.29) is 24.1 Å². The Kier molecular flexibility index (Phi) is 6.99. The van der Waals surface area contributed by atoms with Crippen LogP contribution in [0, 0.1) is 13.8 Å². The fourth-order valence-electron chi connectivity index (χ4n) is 2.41. The fraction of sp³-hybridized carbons (Fsp3) is 0.211. The number of nitrogens with one attached hydrogen (secondary N) is 2. The van der Waals surface area contributed by atoms with Gasteiger partial charge in [0.25, 0.3) is 0 Å². The summed E-state index contributed by atoms with van der Waals surface area (Å²) in [5.41, 5.74) is 3.78. The fourth-order valence-corrected chi connectivity index (χ4v) is 3.51. The van der Waals surface area contributed by atoms with Crippen LogP contribution in [0.4, 0.5) is 5.69 Å². The van der Waals surface area contributed by atoms with Gasteiger partial charge < -0.3 is 10.6 Å². The monoisotopic (exact) mass is 474 g/mol. The van der Waals surface area contributed by atoms with Crippen molar-refractivity contribution in [1.82, 2.24) is 25.5 Å². The predicted molar refractivity (Wildman–Crippen MR) is 115 cm³/mol. The lowest BCUT2D eigenvalue weighted by Crippen LogP contribution is -2.34. The number of carbonyl (C=O) groups is 2. The number of amides is 2. The van der Waals surface area contributed by atoms with Gasteiger partial charge in [0.05, 0.1) is 23.7 Å². The zero-order valence-electron chi connectivity index (χ0n) is 15.8. The molecule has 0 aliphatic rings. The van der Waals surface area contributed by atoms with Crippen LogP contribution in [0.2, 0.25) is 0 Å². The van der Waals surface area contributed by atoms with Crippen molar-refractivity contribution in [3.05, 3.63) is 58.1 Å². The molecule has 0 atom stereocenters. The highest BCUT2D eigenvalue weighted by molar-refractivity contribution is 9.10. The summed E-state index contributed by atoms with van der Waals surface area (Å²) in [7, 11) is 0. The van der Waals surface area contributed by atoms with Crippen LogP contribution in [-0.2, 0) is 9.59 Å². The number of hydrogen-bond donors (Lipinski definition) is 2.